The molecule has 0 aliphatic rings. The Bertz CT molecular complexity index is 550. The van der Waals surface area contributed by atoms with E-state index in [9.17, 15) is 4.79 Å². The van der Waals surface area contributed by atoms with E-state index in [0.29, 0.717) is 0 Å². The van der Waals surface area contributed by atoms with Crippen molar-refractivity contribution in [1.82, 2.24) is 5.32 Å². The smallest absolute Gasteiger partial charge is 0.195 e. The van der Waals surface area contributed by atoms with Gasteiger partial charge in [-0.2, -0.15) is 11.3 Å². The molecule has 0 unspecified atom stereocenters. The molecular weight excluding hydrogens is 310 g/mol. The molecule has 1 aromatic heterocycles. The average molecular weight is 324 g/mol. The fourth-order valence-electron chi connectivity index (χ4n) is 1.81. The van der Waals surface area contributed by atoms with Crippen LogP contribution in [-0.4, -0.2) is 19.4 Å². The Morgan fingerprint density at radius 2 is 2.06 bits per heavy atom. The normalized spacial score (nSPS) is 10.6. The summed E-state index contributed by atoms with van der Waals surface area (Å²) in [4.78, 5) is 12.5. The lowest BCUT2D eigenvalue weighted by Crippen LogP contribution is -2.13. The van der Waals surface area contributed by atoms with Gasteiger partial charge in [-0.3, -0.25) is 4.79 Å². The second-order valence-corrected chi connectivity index (χ2v) is 5.57. The second kappa shape index (κ2) is 6.27. The van der Waals surface area contributed by atoms with Gasteiger partial charge in [0.2, 0.25) is 0 Å². The quantitative estimate of drug-likeness (QED) is 0.853. The van der Waals surface area contributed by atoms with Crippen LogP contribution >= 0.6 is 27.3 Å². The maximum Gasteiger partial charge on any atom is 0.195 e. The zero-order valence-electron chi connectivity index (χ0n) is 10.1. The molecule has 18 heavy (non-hydrogen) atoms. The van der Waals surface area contributed by atoms with E-state index in [1.165, 1.54) is 11.3 Å². The van der Waals surface area contributed by atoms with E-state index in [-0.39, 0.29) is 5.78 Å². The topological polar surface area (TPSA) is 29.1 Å². The zero-order chi connectivity index (χ0) is 13.0. The van der Waals surface area contributed by atoms with Crippen LogP contribution < -0.4 is 5.32 Å². The summed E-state index contributed by atoms with van der Waals surface area (Å²) in [5.41, 5.74) is 2.64. The minimum Gasteiger partial charge on any atom is -0.319 e. The van der Waals surface area contributed by atoms with Crippen LogP contribution in [0.5, 0.6) is 0 Å². The third kappa shape index (κ3) is 2.88. The first-order valence-electron chi connectivity index (χ1n) is 5.73. The molecule has 0 aliphatic carbocycles. The van der Waals surface area contributed by atoms with Gasteiger partial charge in [0.25, 0.3) is 0 Å². The molecule has 1 aromatic carbocycles. The van der Waals surface area contributed by atoms with Gasteiger partial charge >= 0.3 is 0 Å². The second-order valence-electron chi connectivity index (χ2n) is 3.97. The Labute approximate surface area is 119 Å². The Morgan fingerprint density at radius 3 is 2.72 bits per heavy atom. The van der Waals surface area contributed by atoms with Crippen LogP contribution in [-0.2, 0) is 6.42 Å². The van der Waals surface area contributed by atoms with Crippen LogP contribution in [0.4, 0.5) is 0 Å². The number of carbonyl (C=O) groups is 1. The number of benzene rings is 1. The lowest BCUT2D eigenvalue weighted by Gasteiger charge is -2.08. The summed E-state index contributed by atoms with van der Waals surface area (Å²) in [6, 6.07) is 7.81. The van der Waals surface area contributed by atoms with Crippen LogP contribution in [0.3, 0.4) is 0 Å². The van der Waals surface area contributed by atoms with Gasteiger partial charge in [0.15, 0.2) is 5.78 Å². The average Bonchev–Trinajstić information content (AvgIpc) is 2.82. The molecule has 0 atom stereocenters. The number of ketones is 1. The van der Waals surface area contributed by atoms with Crippen LogP contribution in [0.25, 0.3) is 0 Å². The van der Waals surface area contributed by atoms with Gasteiger partial charge in [0.05, 0.1) is 0 Å². The number of nitrogens with one attached hydrogen (secondary N) is 1. The van der Waals surface area contributed by atoms with E-state index < -0.39 is 0 Å². The first kappa shape index (κ1) is 13.5. The number of hydrogen-bond acceptors (Lipinski definition) is 3. The molecule has 0 saturated heterocycles. The minimum atomic E-state index is 0.0924. The highest BCUT2D eigenvalue weighted by atomic mass is 79.9. The van der Waals surface area contributed by atoms with Gasteiger partial charge in [0.1, 0.15) is 0 Å². The molecule has 2 aromatic rings. The molecule has 1 heterocycles. The number of thiophene rings is 1. The highest BCUT2D eigenvalue weighted by Crippen LogP contribution is 2.25. The summed E-state index contributed by atoms with van der Waals surface area (Å²) in [5.74, 6) is 0.0924. The molecule has 4 heteroatoms. The largest absolute Gasteiger partial charge is 0.319 e. The lowest BCUT2D eigenvalue weighted by molar-refractivity contribution is 0.103. The number of rotatable bonds is 5. The number of likely N-dealkylation sites (N-methyl/N-ethyl adjacent to an activating group) is 1. The molecule has 1 N–H and O–H groups in total. The Hall–Kier alpha value is -0.970. The number of hydrogen-bond donors (Lipinski definition) is 1. The number of carbonyl (C=O) groups excluding carboxylic acids is 1. The SMILES string of the molecule is CNCCc1ccccc1C(=O)c1cscc1Br. The molecule has 0 spiro atoms. The highest BCUT2D eigenvalue weighted by molar-refractivity contribution is 9.10. The van der Waals surface area contributed by atoms with Crippen molar-refractivity contribution < 1.29 is 4.79 Å². The Morgan fingerprint density at radius 1 is 1.28 bits per heavy atom. The Kier molecular flexibility index (Phi) is 4.69. The van der Waals surface area contributed by atoms with Gasteiger partial charge in [-0.25, -0.2) is 0 Å². The third-order valence-corrected chi connectivity index (χ3v) is 4.47. The molecule has 2 rings (SSSR count). The molecule has 94 valence electrons. The van der Waals surface area contributed by atoms with Crippen molar-refractivity contribution in [3.63, 3.8) is 0 Å². The van der Waals surface area contributed by atoms with Crippen molar-refractivity contribution in [2.75, 3.05) is 13.6 Å². The van der Waals surface area contributed by atoms with E-state index in [0.717, 1.165) is 34.1 Å². The summed E-state index contributed by atoms with van der Waals surface area (Å²) in [7, 11) is 1.92. The molecule has 0 saturated carbocycles. The van der Waals surface area contributed by atoms with Gasteiger partial charge in [-0.05, 0) is 41.5 Å². The Balaban J connectivity index is 2.33. The molecule has 0 radical (unpaired) electrons. The molecular formula is C14H14BrNOS. The molecule has 0 fully saturated rings. The number of halogens is 1. The summed E-state index contributed by atoms with van der Waals surface area (Å²) >= 11 is 4.95. The van der Waals surface area contributed by atoms with Crippen molar-refractivity contribution in [3.8, 4) is 0 Å². The molecule has 0 aliphatic heterocycles. The molecule has 0 amide bonds. The summed E-state index contributed by atoms with van der Waals surface area (Å²) < 4.78 is 0.876. The summed E-state index contributed by atoms with van der Waals surface area (Å²) in [6.07, 6.45) is 0.861. The predicted octanol–water partition coefficient (Wildman–Crippen LogP) is 3.50. The minimum absolute atomic E-state index is 0.0924. The van der Waals surface area contributed by atoms with Gasteiger partial charge in [-0.1, -0.05) is 24.3 Å². The summed E-state index contributed by atoms with van der Waals surface area (Å²) in [5, 5.41) is 6.93. The van der Waals surface area contributed by atoms with Crippen molar-refractivity contribution in [3.05, 3.63) is 56.2 Å². The highest BCUT2D eigenvalue weighted by Gasteiger charge is 2.16. The van der Waals surface area contributed by atoms with E-state index in [1.807, 2.05) is 42.1 Å². The van der Waals surface area contributed by atoms with Crippen molar-refractivity contribution in [2.24, 2.45) is 0 Å². The van der Waals surface area contributed by atoms with Crippen molar-refractivity contribution in [1.29, 1.82) is 0 Å². The van der Waals surface area contributed by atoms with E-state index in [1.54, 1.807) is 0 Å². The maximum absolute atomic E-state index is 12.5. The van der Waals surface area contributed by atoms with Crippen molar-refractivity contribution in [2.45, 2.75) is 6.42 Å². The van der Waals surface area contributed by atoms with Gasteiger partial charge < -0.3 is 5.32 Å². The first-order chi connectivity index (χ1) is 8.74. The first-order valence-corrected chi connectivity index (χ1v) is 7.46. The van der Waals surface area contributed by atoms with Crippen LogP contribution in [0.15, 0.2) is 39.5 Å². The fourth-order valence-corrected chi connectivity index (χ4v) is 3.26. The van der Waals surface area contributed by atoms with Gasteiger partial charge in [-0.15, -0.1) is 0 Å². The van der Waals surface area contributed by atoms with Crippen LogP contribution in [0.2, 0.25) is 0 Å². The van der Waals surface area contributed by atoms with E-state index in [2.05, 4.69) is 21.2 Å². The van der Waals surface area contributed by atoms with Crippen LogP contribution in [0.1, 0.15) is 21.5 Å². The third-order valence-electron chi connectivity index (χ3n) is 2.77. The monoisotopic (exact) mass is 323 g/mol. The van der Waals surface area contributed by atoms with Crippen LogP contribution in [0, 0.1) is 0 Å². The molecule has 0 bridgehead atoms. The standard InChI is InChI=1S/C14H14BrNOS/c1-16-7-6-10-4-2-3-5-11(10)14(17)12-8-18-9-13(12)15/h2-5,8-9,16H,6-7H2,1H3. The van der Waals surface area contributed by atoms with Gasteiger partial charge in [0, 0.05) is 26.4 Å². The predicted molar refractivity (Wildman–Crippen MR) is 79.5 cm³/mol. The zero-order valence-corrected chi connectivity index (χ0v) is 12.5. The van der Waals surface area contributed by atoms with Crippen molar-refractivity contribution >= 4 is 33.0 Å². The van der Waals surface area contributed by atoms with E-state index in [4.69, 9.17) is 0 Å². The summed E-state index contributed by atoms with van der Waals surface area (Å²) in [6.45, 7) is 0.870. The van der Waals surface area contributed by atoms with E-state index >= 15 is 0 Å². The maximum atomic E-state index is 12.5. The lowest BCUT2D eigenvalue weighted by atomic mass is 9.98. The fraction of sp³-hybridized carbons (Fsp3) is 0.214. The molecule has 2 nitrogen and oxygen atoms in total.